The second kappa shape index (κ2) is 10.7. The van der Waals surface area contributed by atoms with Gasteiger partial charge in [-0.05, 0) is 18.1 Å². The molecule has 0 saturated carbocycles. The van der Waals surface area contributed by atoms with E-state index < -0.39 is 5.97 Å². The van der Waals surface area contributed by atoms with E-state index in [1.54, 1.807) is 0 Å². The number of rotatable bonds is 7. The van der Waals surface area contributed by atoms with Crippen molar-refractivity contribution < 1.29 is 14.3 Å². The third-order valence-corrected chi connectivity index (χ3v) is 6.77. The van der Waals surface area contributed by atoms with E-state index in [1.165, 1.54) is 29.6 Å². The van der Waals surface area contributed by atoms with Crippen LogP contribution < -0.4 is 5.32 Å². The molecule has 1 fully saturated rings. The molecular formula is C26H29N3O3S. The standard InChI is InChI=1S/C26H29N3O3S/c1-19-8-10-20(11-9-19)16-28-12-14-29(15-13-28)17-23(30)27-25-24(26(31)32-2)22(18-33-25)21-6-4-3-5-7-21/h3-11,18H,12-17H2,1-2H3,(H,27,30). The molecule has 1 aliphatic rings. The van der Waals surface area contributed by atoms with Crippen molar-refractivity contribution >= 4 is 28.2 Å². The topological polar surface area (TPSA) is 61.9 Å². The van der Waals surface area contributed by atoms with Crippen LogP contribution in [0.3, 0.4) is 0 Å². The lowest BCUT2D eigenvalue weighted by Crippen LogP contribution is -2.48. The summed E-state index contributed by atoms with van der Waals surface area (Å²) < 4.78 is 5.00. The summed E-state index contributed by atoms with van der Waals surface area (Å²) in [7, 11) is 1.36. The second-order valence-electron chi connectivity index (χ2n) is 8.30. The van der Waals surface area contributed by atoms with Crippen LogP contribution in [0.15, 0.2) is 60.0 Å². The number of esters is 1. The first-order valence-electron chi connectivity index (χ1n) is 11.1. The van der Waals surface area contributed by atoms with Crippen molar-refractivity contribution in [1.82, 2.24) is 9.80 Å². The number of nitrogens with zero attached hydrogens (tertiary/aromatic N) is 2. The Morgan fingerprint density at radius 3 is 2.30 bits per heavy atom. The van der Waals surface area contributed by atoms with Crippen LogP contribution in [0.5, 0.6) is 0 Å². The van der Waals surface area contributed by atoms with Gasteiger partial charge in [-0.15, -0.1) is 11.3 Å². The Kier molecular flexibility index (Phi) is 7.54. The predicted octanol–water partition coefficient (Wildman–Crippen LogP) is 4.27. The van der Waals surface area contributed by atoms with Gasteiger partial charge in [-0.25, -0.2) is 4.79 Å². The number of piperazine rings is 1. The van der Waals surface area contributed by atoms with E-state index in [0.29, 0.717) is 17.1 Å². The fraction of sp³-hybridized carbons (Fsp3) is 0.308. The van der Waals surface area contributed by atoms with Crippen molar-refractivity contribution in [2.75, 3.05) is 45.2 Å². The maximum absolute atomic E-state index is 12.8. The monoisotopic (exact) mass is 463 g/mol. The molecule has 0 unspecified atom stereocenters. The van der Waals surface area contributed by atoms with E-state index in [9.17, 15) is 9.59 Å². The highest BCUT2D eigenvalue weighted by molar-refractivity contribution is 7.15. The van der Waals surface area contributed by atoms with E-state index in [2.05, 4.69) is 46.3 Å². The normalized spacial score (nSPS) is 14.7. The molecule has 1 aromatic heterocycles. The first kappa shape index (κ1) is 23.2. The molecule has 7 heteroatoms. The number of anilines is 1. The minimum Gasteiger partial charge on any atom is -0.465 e. The van der Waals surface area contributed by atoms with Crippen LogP contribution in [0.25, 0.3) is 11.1 Å². The van der Waals surface area contributed by atoms with Crippen molar-refractivity contribution in [3.63, 3.8) is 0 Å². The Morgan fingerprint density at radius 2 is 1.64 bits per heavy atom. The third kappa shape index (κ3) is 5.87. The molecule has 1 saturated heterocycles. The van der Waals surface area contributed by atoms with Gasteiger partial charge in [0.15, 0.2) is 0 Å². The van der Waals surface area contributed by atoms with Crippen molar-refractivity contribution in [2.45, 2.75) is 13.5 Å². The van der Waals surface area contributed by atoms with Gasteiger partial charge in [-0.2, -0.15) is 0 Å². The Bertz CT molecular complexity index is 1090. The lowest BCUT2D eigenvalue weighted by Gasteiger charge is -2.34. The second-order valence-corrected chi connectivity index (χ2v) is 9.18. The maximum Gasteiger partial charge on any atom is 0.341 e. The molecule has 33 heavy (non-hydrogen) atoms. The van der Waals surface area contributed by atoms with E-state index in [4.69, 9.17) is 4.74 Å². The van der Waals surface area contributed by atoms with Gasteiger partial charge >= 0.3 is 5.97 Å². The van der Waals surface area contributed by atoms with E-state index in [0.717, 1.165) is 43.9 Å². The molecule has 1 amide bonds. The van der Waals surface area contributed by atoms with Gasteiger partial charge in [0.2, 0.25) is 5.91 Å². The fourth-order valence-corrected chi connectivity index (χ4v) is 4.98. The minimum atomic E-state index is -0.449. The van der Waals surface area contributed by atoms with Gasteiger partial charge in [-0.1, -0.05) is 60.2 Å². The zero-order valence-electron chi connectivity index (χ0n) is 19.0. The summed E-state index contributed by atoms with van der Waals surface area (Å²) in [6.07, 6.45) is 0. The first-order chi connectivity index (χ1) is 16.0. The number of amides is 1. The van der Waals surface area contributed by atoms with Gasteiger partial charge in [0, 0.05) is 43.7 Å². The van der Waals surface area contributed by atoms with Gasteiger partial charge < -0.3 is 10.1 Å². The summed E-state index contributed by atoms with van der Waals surface area (Å²) in [5.74, 6) is -0.566. The molecular weight excluding hydrogens is 434 g/mol. The molecule has 172 valence electrons. The van der Waals surface area contributed by atoms with Crippen molar-refractivity contribution in [3.05, 3.63) is 76.7 Å². The lowest BCUT2D eigenvalue weighted by molar-refractivity contribution is -0.117. The summed E-state index contributed by atoms with van der Waals surface area (Å²) in [5, 5.41) is 5.36. The van der Waals surface area contributed by atoms with E-state index in [-0.39, 0.29) is 5.91 Å². The first-order valence-corrected chi connectivity index (χ1v) is 12.0. The van der Waals surface area contributed by atoms with Gasteiger partial charge in [-0.3, -0.25) is 14.6 Å². The molecule has 0 aliphatic carbocycles. The molecule has 4 rings (SSSR count). The molecule has 0 radical (unpaired) electrons. The highest BCUT2D eigenvalue weighted by atomic mass is 32.1. The summed E-state index contributed by atoms with van der Waals surface area (Å²) in [4.78, 5) is 29.8. The number of carbonyl (C=O) groups is 2. The summed E-state index contributed by atoms with van der Waals surface area (Å²) >= 11 is 1.35. The zero-order valence-corrected chi connectivity index (χ0v) is 19.9. The number of nitrogens with one attached hydrogen (secondary N) is 1. The van der Waals surface area contributed by atoms with Crippen LogP contribution in [0.1, 0.15) is 21.5 Å². The van der Waals surface area contributed by atoms with Crippen LogP contribution >= 0.6 is 11.3 Å². The number of hydrogen-bond acceptors (Lipinski definition) is 6. The average molecular weight is 464 g/mol. The largest absolute Gasteiger partial charge is 0.465 e. The van der Waals surface area contributed by atoms with Crippen LogP contribution in [-0.4, -0.2) is 61.5 Å². The average Bonchev–Trinajstić information content (AvgIpc) is 3.25. The molecule has 1 aliphatic heterocycles. The van der Waals surface area contributed by atoms with Crippen molar-refractivity contribution in [2.24, 2.45) is 0 Å². The Morgan fingerprint density at radius 1 is 0.970 bits per heavy atom. The van der Waals surface area contributed by atoms with Crippen LogP contribution in [0.2, 0.25) is 0 Å². The zero-order chi connectivity index (χ0) is 23.2. The van der Waals surface area contributed by atoms with Crippen molar-refractivity contribution in [1.29, 1.82) is 0 Å². The third-order valence-electron chi connectivity index (χ3n) is 5.88. The van der Waals surface area contributed by atoms with E-state index in [1.807, 2.05) is 35.7 Å². The fourth-order valence-electron chi connectivity index (χ4n) is 4.01. The number of methoxy groups -OCH3 is 1. The number of ether oxygens (including phenoxy) is 1. The number of hydrogen-bond donors (Lipinski definition) is 1. The maximum atomic E-state index is 12.8. The van der Waals surface area contributed by atoms with Crippen LogP contribution in [0.4, 0.5) is 5.00 Å². The molecule has 2 heterocycles. The number of thiophene rings is 1. The highest BCUT2D eigenvalue weighted by Gasteiger charge is 2.24. The number of benzene rings is 2. The molecule has 6 nitrogen and oxygen atoms in total. The number of aryl methyl sites for hydroxylation is 1. The quantitative estimate of drug-likeness (QED) is 0.531. The molecule has 0 atom stereocenters. The van der Waals surface area contributed by atoms with Gasteiger partial charge in [0.05, 0.1) is 13.7 Å². The Labute approximate surface area is 198 Å². The highest BCUT2D eigenvalue weighted by Crippen LogP contribution is 2.36. The number of carbonyl (C=O) groups excluding carboxylic acids is 2. The molecule has 0 spiro atoms. The van der Waals surface area contributed by atoms with Crippen LogP contribution in [-0.2, 0) is 16.1 Å². The van der Waals surface area contributed by atoms with Gasteiger partial charge in [0.25, 0.3) is 0 Å². The van der Waals surface area contributed by atoms with Crippen LogP contribution in [0, 0.1) is 6.92 Å². The van der Waals surface area contributed by atoms with E-state index >= 15 is 0 Å². The molecule has 1 N–H and O–H groups in total. The summed E-state index contributed by atoms with van der Waals surface area (Å²) in [5.41, 5.74) is 4.68. The van der Waals surface area contributed by atoms with Crippen molar-refractivity contribution in [3.8, 4) is 11.1 Å². The lowest BCUT2D eigenvalue weighted by atomic mass is 10.0. The summed E-state index contributed by atoms with van der Waals surface area (Å²) in [6, 6.07) is 18.3. The molecule has 3 aromatic rings. The molecule has 0 bridgehead atoms. The Balaban J connectivity index is 1.34. The smallest absolute Gasteiger partial charge is 0.341 e. The summed E-state index contributed by atoms with van der Waals surface area (Å²) in [6.45, 7) is 6.85. The van der Waals surface area contributed by atoms with Gasteiger partial charge in [0.1, 0.15) is 10.6 Å². The molecule has 2 aromatic carbocycles. The predicted molar refractivity (Wildman–Crippen MR) is 133 cm³/mol. The minimum absolute atomic E-state index is 0.117. The SMILES string of the molecule is COC(=O)c1c(-c2ccccc2)csc1NC(=O)CN1CCN(Cc2ccc(C)cc2)CC1. The Hall–Kier alpha value is -3.00.